The van der Waals surface area contributed by atoms with Gasteiger partial charge in [-0.2, -0.15) is 0 Å². The van der Waals surface area contributed by atoms with E-state index >= 15 is 0 Å². The van der Waals surface area contributed by atoms with E-state index in [-0.39, 0.29) is 32.3 Å². The number of hydrogen-bond acceptors (Lipinski definition) is 2. The second-order valence-electron chi connectivity index (χ2n) is 4.58. The first-order valence-electron chi connectivity index (χ1n) is 7.50. The van der Waals surface area contributed by atoms with E-state index in [1.54, 1.807) is 0 Å². The minimum Gasteiger partial charge on any atom is -0.478 e. The minimum atomic E-state index is -1.04. The molecule has 0 unspecified atom stereocenters. The normalized spacial score (nSPS) is 9.12. The molecular weight excluding hydrogens is 437 g/mol. The quantitative estimate of drug-likeness (QED) is 0.658. The largest absolute Gasteiger partial charge is 0.478 e. The number of hydrogen-bond donors (Lipinski definition) is 2. The van der Waals surface area contributed by atoms with Crippen LogP contribution in [0.1, 0.15) is 34.6 Å². The van der Waals surface area contributed by atoms with Gasteiger partial charge in [0.25, 0.3) is 0 Å². The van der Waals surface area contributed by atoms with Gasteiger partial charge in [0, 0.05) is 0 Å². The monoisotopic (exact) mass is 458 g/mol. The third-order valence-electron chi connectivity index (χ3n) is 2.68. The van der Waals surface area contributed by atoms with E-state index in [0.29, 0.717) is 0 Å². The van der Waals surface area contributed by atoms with E-state index in [2.05, 4.69) is 13.8 Å². The van der Waals surface area contributed by atoms with Gasteiger partial charge < -0.3 is 10.2 Å². The Bertz CT molecular complexity index is 586. The Kier molecular flexibility index (Phi) is 12.3. The predicted molar refractivity (Wildman–Crippen MR) is 93.4 cm³/mol. The molecule has 0 aliphatic rings. The van der Waals surface area contributed by atoms with Crippen molar-refractivity contribution in [2.75, 3.05) is 0 Å². The SMILES string of the molecule is C[CH2][Sn][CH2]C.O=C(O)c1ccc(F)cc1.O=C(O)c1ccc(F)cc1. The maximum absolute atomic E-state index is 12.2. The number of aromatic carboxylic acids is 2. The van der Waals surface area contributed by atoms with Crippen LogP contribution in [0.5, 0.6) is 0 Å². The van der Waals surface area contributed by atoms with Crippen LogP contribution in [0.4, 0.5) is 8.78 Å². The van der Waals surface area contributed by atoms with Gasteiger partial charge in [-0.3, -0.25) is 0 Å². The molecule has 7 heteroatoms. The smallest absolute Gasteiger partial charge is 0.335 e. The molecule has 0 bridgehead atoms. The zero-order valence-corrected chi connectivity index (χ0v) is 16.9. The van der Waals surface area contributed by atoms with Gasteiger partial charge in [0.1, 0.15) is 11.6 Å². The van der Waals surface area contributed by atoms with Gasteiger partial charge in [0.2, 0.25) is 0 Å². The molecule has 0 spiro atoms. The number of rotatable bonds is 4. The standard InChI is InChI=1S/2C7H5FO2.2C2H5.Sn/c2*8-6-3-1-5(2-4-6)7(9)10;2*1-2;/h2*1-4H,(H,9,10);2*1H2,2H3;. The van der Waals surface area contributed by atoms with Crippen molar-refractivity contribution in [2.24, 2.45) is 0 Å². The minimum absolute atomic E-state index is 0.0985. The first kappa shape index (κ1) is 23.0. The van der Waals surface area contributed by atoms with Crippen molar-refractivity contribution in [3.8, 4) is 0 Å². The molecule has 0 atom stereocenters. The molecule has 0 saturated heterocycles. The van der Waals surface area contributed by atoms with Gasteiger partial charge in [-0.25, -0.2) is 18.4 Å². The summed E-state index contributed by atoms with van der Waals surface area (Å²) < 4.78 is 27.3. The van der Waals surface area contributed by atoms with Gasteiger partial charge in [0.15, 0.2) is 0 Å². The van der Waals surface area contributed by atoms with E-state index in [0.717, 1.165) is 24.3 Å². The summed E-state index contributed by atoms with van der Waals surface area (Å²) in [6.45, 7) is 4.57. The number of halogens is 2. The van der Waals surface area contributed by atoms with Crippen LogP contribution >= 0.6 is 0 Å². The Morgan fingerprint density at radius 1 is 0.760 bits per heavy atom. The van der Waals surface area contributed by atoms with E-state index in [1.807, 2.05) is 0 Å². The molecule has 0 aromatic heterocycles. The first-order valence-corrected chi connectivity index (χ1v) is 11.5. The summed E-state index contributed by atoms with van der Waals surface area (Å²) in [7, 11) is 0. The summed E-state index contributed by atoms with van der Waals surface area (Å²) in [5.74, 6) is -2.94. The molecule has 0 saturated carbocycles. The number of benzene rings is 2. The molecular formula is C18H20F2O4Sn. The van der Waals surface area contributed by atoms with Crippen LogP contribution in [-0.2, 0) is 0 Å². The van der Waals surface area contributed by atoms with Crippen molar-refractivity contribution >= 4 is 33.1 Å². The van der Waals surface area contributed by atoms with Crippen molar-refractivity contribution < 1.29 is 28.6 Å². The summed E-state index contributed by atoms with van der Waals surface area (Å²) in [6, 6.07) is 9.34. The molecule has 2 rings (SSSR count). The van der Waals surface area contributed by atoms with Crippen molar-refractivity contribution in [2.45, 2.75) is 22.7 Å². The summed E-state index contributed by atoms with van der Waals surface area (Å²) in [4.78, 5) is 20.4. The molecule has 2 N–H and O–H groups in total. The second-order valence-corrected chi connectivity index (χ2v) is 10.0. The third-order valence-corrected chi connectivity index (χ3v) is 5.54. The Balaban J connectivity index is 0.000000368. The molecule has 2 aromatic carbocycles. The average molecular weight is 457 g/mol. The Morgan fingerprint density at radius 2 is 1.04 bits per heavy atom. The van der Waals surface area contributed by atoms with Gasteiger partial charge in [0.05, 0.1) is 11.1 Å². The van der Waals surface area contributed by atoms with Gasteiger partial charge in [-0.1, -0.05) is 0 Å². The molecule has 0 aliphatic carbocycles. The van der Waals surface area contributed by atoms with Crippen molar-refractivity contribution in [3.05, 3.63) is 71.3 Å². The summed E-state index contributed by atoms with van der Waals surface area (Å²) in [6.07, 6.45) is 0. The molecule has 2 aromatic rings. The maximum Gasteiger partial charge on any atom is 0.335 e. The van der Waals surface area contributed by atoms with E-state index in [9.17, 15) is 18.4 Å². The Labute approximate surface area is 155 Å². The number of carboxylic acids is 2. The molecule has 4 nitrogen and oxygen atoms in total. The predicted octanol–water partition coefficient (Wildman–Crippen LogP) is 4.61. The van der Waals surface area contributed by atoms with E-state index in [4.69, 9.17) is 10.2 Å². The molecule has 0 amide bonds. The Morgan fingerprint density at radius 3 is 1.20 bits per heavy atom. The van der Waals surface area contributed by atoms with Crippen molar-refractivity contribution in [1.82, 2.24) is 0 Å². The fourth-order valence-corrected chi connectivity index (χ4v) is 2.86. The summed E-state index contributed by atoms with van der Waals surface area (Å²) >= 11 is 0.218. The number of carboxylic acid groups (broad SMARTS) is 2. The fraction of sp³-hybridized carbons (Fsp3) is 0.222. The van der Waals surface area contributed by atoms with E-state index in [1.165, 1.54) is 33.1 Å². The van der Waals surface area contributed by atoms with Crippen LogP contribution in [0.2, 0.25) is 8.87 Å². The molecule has 0 aliphatic heterocycles. The van der Waals surface area contributed by atoms with Crippen LogP contribution in [0, 0.1) is 11.6 Å². The Hall–Kier alpha value is -1.96. The van der Waals surface area contributed by atoms with Crippen LogP contribution in [-0.4, -0.2) is 43.3 Å². The van der Waals surface area contributed by atoms with Crippen molar-refractivity contribution in [3.63, 3.8) is 0 Å². The van der Waals surface area contributed by atoms with Gasteiger partial charge >= 0.3 is 55.8 Å². The molecule has 2 radical (unpaired) electrons. The maximum atomic E-state index is 12.2. The van der Waals surface area contributed by atoms with Crippen LogP contribution in [0.15, 0.2) is 48.5 Å². The summed E-state index contributed by atoms with van der Waals surface area (Å²) in [5, 5.41) is 16.7. The molecule has 25 heavy (non-hydrogen) atoms. The van der Waals surface area contributed by atoms with E-state index < -0.39 is 23.6 Å². The average Bonchev–Trinajstić information content (AvgIpc) is 2.57. The van der Waals surface area contributed by atoms with Crippen LogP contribution < -0.4 is 0 Å². The molecule has 134 valence electrons. The zero-order chi connectivity index (χ0) is 19.2. The van der Waals surface area contributed by atoms with Crippen LogP contribution in [0.25, 0.3) is 0 Å². The zero-order valence-electron chi connectivity index (χ0n) is 14.0. The molecule has 0 fully saturated rings. The molecule has 0 heterocycles. The third kappa shape index (κ3) is 11.3. The topological polar surface area (TPSA) is 74.6 Å². The van der Waals surface area contributed by atoms with Gasteiger partial charge in [-0.15, -0.1) is 0 Å². The number of carbonyl (C=O) groups is 2. The van der Waals surface area contributed by atoms with Gasteiger partial charge in [-0.05, 0) is 48.5 Å². The van der Waals surface area contributed by atoms with Crippen molar-refractivity contribution in [1.29, 1.82) is 0 Å². The first-order chi connectivity index (χ1) is 11.8. The summed E-state index contributed by atoms with van der Waals surface area (Å²) in [5.41, 5.74) is 0.197. The van der Waals surface area contributed by atoms with Crippen LogP contribution in [0.3, 0.4) is 0 Å². The second kappa shape index (κ2) is 13.3. The fourth-order valence-electron chi connectivity index (χ4n) is 1.43.